The fraction of sp³-hybridized carbons (Fsp3) is 0.435. The highest BCUT2D eigenvalue weighted by Gasteiger charge is 2.25. The zero-order chi connectivity index (χ0) is 19.9. The summed E-state index contributed by atoms with van der Waals surface area (Å²) in [5.41, 5.74) is 3.79. The highest BCUT2D eigenvalue weighted by molar-refractivity contribution is 5.65. The molecule has 2 aromatic rings. The van der Waals surface area contributed by atoms with E-state index in [0.717, 1.165) is 25.1 Å². The lowest BCUT2D eigenvalue weighted by Crippen LogP contribution is -2.34. The Morgan fingerprint density at radius 2 is 1.82 bits per heavy atom. The summed E-state index contributed by atoms with van der Waals surface area (Å²) in [5, 5.41) is 12.5. The van der Waals surface area contributed by atoms with Crippen LogP contribution in [0.3, 0.4) is 0 Å². The third-order valence-corrected chi connectivity index (χ3v) is 5.28. The van der Waals surface area contributed by atoms with Gasteiger partial charge in [-0.3, -0.25) is 0 Å². The van der Waals surface area contributed by atoms with Gasteiger partial charge >= 0.3 is 6.09 Å². The van der Waals surface area contributed by atoms with E-state index in [1.165, 1.54) is 21.6 Å². The van der Waals surface area contributed by atoms with Gasteiger partial charge in [-0.05, 0) is 41.2 Å². The molecule has 5 heteroatoms. The first-order chi connectivity index (χ1) is 13.5. The average molecular weight is 383 g/mol. The lowest BCUT2D eigenvalue weighted by atomic mass is 10.0. The molecule has 1 heterocycles. The Kier molecular flexibility index (Phi) is 6.93. The van der Waals surface area contributed by atoms with Crippen molar-refractivity contribution >= 4 is 6.09 Å². The minimum atomic E-state index is -0.827. The van der Waals surface area contributed by atoms with Crippen molar-refractivity contribution < 1.29 is 14.6 Å². The predicted octanol–water partition coefficient (Wildman–Crippen LogP) is 4.27. The molecule has 1 amide bonds. The van der Waals surface area contributed by atoms with E-state index < -0.39 is 6.09 Å². The van der Waals surface area contributed by atoms with Gasteiger partial charge in [-0.1, -0.05) is 50.2 Å². The molecule has 3 rings (SSSR count). The Bertz CT molecular complexity index is 756. The number of rotatable bonds is 8. The van der Waals surface area contributed by atoms with Gasteiger partial charge in [-0.15, -0.1) is 0 Å². The van der Waals surface area contributed by atoms with Crippen LogP contribution in [0, 0.1) is 0 Å². The standard InChI is InChI=1S/C23H30N2O3/c1-17(2)20-7-9-22(10-8-20)28-14-12-18-3-5-19(6-4-18)15-24-21-11-13-25(16-21)23(26)27/h3-10,17,21,24H,11-16H2,1-2H3,(H,26,27)/t21-/m0/s1. The van der Waals surface area contributed by atoms with Gasteiger partial charge in [-0.25, -0.2) is 4.79 Å². The highest BCUT2D eigenvalue weighted by Crippen LogP contribution is 2.19. The van der Waals surface area contributed by atoms with E-state index in [0.29, 0.717) is 25.6 Å². The molecule has 28 heavy (non-hydrogen) atoms. The minimum Gasteiger partial charge on any atom is -0.493 e. The summed E-state index contributed by atoms with van der Waals surface area (Å²) >= 11 is 0. The van der Waals surface area contributed by atoms with Crippen LogP contribution in [0.25, 0.3) is 0 Å². The van der Waals surface area contributed by atoms with Gasteiger partial charge in [0, 0.05) is 32.1 Å². The number of hydrogen-bond donors (Lipinski definition) is 2. The number of carboxylic acid groups (broad SMARTS) is 1. The van der Waals surface area contributed by atoms with Crippen LogP contribution >= 0.6 is 0 Å². The zero-order valence-electron chi connectivity index (χ0n) is 16.7. The molecule has 0 aromatic heterocycles. The van der Waals surface area contributed by atoms with Gasteiger partial charge < -0.3 is 20.1 Å². The Morgan fingerprint density at radius 3 is 2.43 bits per heavy atom. The molecule has 0 saturated carbocycles. The van der Waals surface area contributed by atoms with Gasteiger partial charge in [0.1, 0.15) is 5.75 Å². The number of carbonyl (C=O) groups is 1. The molecule has 1 atom stereocenters. The topological polar surface area (TPSA) is 61.8 Å². The number of likely N-dealkylation sites (tertiary alicyclic amines) is 1. The van der Waals surface area contributed by atoms with Crippen LogP contribution in [0.2, 0.25) is 0 Å². The van der Waals surface area contributed by atoms with E-state index >= 15 is 0 Å². The molecule has 1 aliphatic rings. The Labute approximate surface area is 167 Å². The van der Waals surface area contributed by atoms with Crippen LogP contribution in [0.4, 0.5) is 4.79 Å². The van der Waals surface area contributed by atoms with E-state index in [-0.39, 0.29) is 6.04 Å². The lowest BCUT2D eigenvalue weighted by molar-refractivity contribution is 0.154. The molecule has 1 saturated heterocycles. The molecule has 2 N–H and O–H groups in total. The average Bonchev–Trinajstić information content (AvgIpc) is 3.17. The third-order valence-electron chi connectivity index (χ3n) is 5.28. The first-order valence-electron chi connectivity index (χ1n) is 10.0. The molecule has 0 bridgehead atoms. The van der Waals surface area contributed by atoms with E-state index in [1.807, 2.05) is 12.1 Å². The Morgan fingerprint density at radius 1 is 1.14 bits per heavy atom. The van der Waals surface area contributed by atoms with Gasteiger partial charge in [0.15, 0.2) is 0 Å². The first-order valence-corrected chi connectivity index (χ1v) is 10.0. The van der Waals surface area contributed by atoms with E-state index in [1.54, 1.807) is 0 Å². The smallest absolute Gasteiger partial charge is 0.407 e. The summed E-state index contributed by atoms with van der Waals surface area (Å²) in [5.74, 6) is 1.45. The second kappa shape index (κ2) is 9.60. The van der Waals surface area contributed by atoms with Gasteiger partial charge in [0.2, 0.25) is 0 Å². The van der Waals surface area contributed by atoms with Crippen LogP contribution in [-0.4, -0.2) is 41.8 Å². The summed E-state index contributed by atoms with van der Waals surface area (Å²) in [6.07, 6.45) is 0.919. The molecular weight excluding hydrogens is 352 g/mol. The normalized spacial score (nSPS) is 16.5. The summed E-state index contributed by atoms with van der Waals surface area (Å²) in [4.78, 5) is 12.4. The fourth-order valence-electron chi connectivity index (χ4n) is 3.42. The largest absolute Gasteiger partial charge is 0.493 e. The fourth-order valence-corrected chi connectivity index (χ4v) is 3.42. The molecule has 150 valence electrons. The van der Waals surface area contributed by atoms with Crippen LogP contribution in [-0.2, 0) is 13.0 Å². The van der Waals surface area contributed by atoms with Crippen LogP contribution < -0.4 is 10.1 Å². The molecule has 0 spiro atoms. The van der Waals surface area contributed by atoms with Crippen molar-refractivity contribution in [3.8, 4) is 5.75 Å². The van der Waals surface area contributed by atoms with Gasteiger partial charge in [0.25, 0.3) is 0 Å². The van der Waals surface area contributed by atoms with Crippen LogP contribution in [0.15, 0.2) is 48.5 Å². The summed E-state index contributed by atoms with van der Waals surface area (Å²) in [7, 11) is 0. The summed E-state index contributed by atoms with van der Waals surface area (Å²) in [6, 6.07) is 17.1. The molecule has 2 aromatic carbocycles. The van der Waals surface area contributed by atoms with Crippen LogP contribution in [0.1, 0.15) is 42.9 Å². The SMILES string of the molecule is CC(C)c1ccc(OCCc2ccc(CN[C@H]3CCN(C(=O)O)C3)cc2)cc1. The molecule has 0 radical (unpaired) electrons. The highest BCUT2D eigenvalue weighted by atomic mass is 16.5. The van der Waals surface area contributed by atoms with Crippen molar-refractivity contribution in [2.24, 2.45) is 0 Å². The van der Waals surface area contributed by atoms with Crippen molar-refractivity contribution in [2.45, 2.75) is 45.2 Å². The number of nitrogens with one attached hydrogen (secondary N) is 1. The Balaban J connectivity index is 1.39. The van der Waals surface area contributed by atoms with Gasteiger partial charge in [0.05, 0.1) is 6.61 Å². The molecule has 0 aliphatic carbocycles. The second-order valence-electron chi connectivity index (χ2n) is 7.73. The maximum absolute atomic E-state index is 11.0. The monoisotopic (exact) mass is 382 g/mol. The zero-order valence-corrected chi connectivity index (χ0v) is 16.7. The van der Waals surface area contributed by atoms with Crippen LogP contribution in [0.5, 0.6) is 5.75 Å². The molecule has 0 unspecified atom stereocenters. The maximum atomic E-state index is 11.0. The molecular formula is C23H30N2O3. The quantitative estimate of drug-likeness (QED) is 0.716. The number of hydrogen-bond acceptors (Lipinski definition) is 3. The predicted molar refractivity (Wildman–Crippen MR) is 111 cm³/mol. The van der Waals surface area contributed by atoms with Crippen molar-refractivity contribution in [2.75, 3.05) is 19.7 Å². The van der Waals surface area contributed by atoms with E-state index in [4.69, 9.17) is 9.84 Å². The summed E-state index contributed by atoms with van der Waals surface area (Å²) < 4.78 is 5.85. The minimum absolute atomic E-state index is 0.242. The number of amides is 1. The molecule has 1 aliphatic heterocycles. The van der Waals surface area contributed by atoms with E-state index in [9.17, 15) is 4.79 Å². The molecule has 1 fully saturated rings. The summed E-state index contributed by atoms with van der Waals surface area (Å²) in [6.45, 7) is 6.98. The Hall–Kier alpha value is -2.53. The van der Waals surface area contributed by atoms with Crippen molar-refractivity contribution in [1.82, 2.24) is 10.2 Å². The number of benzene rings is 2. The second-order valence-corrected chi connectivity index (χ2v) is 7.73. The number of nitrogens with zero attached hydrogens (tertiary/aromatic N) is 1. The van der Waals surface area contributed by atoms with Crippen molar-refractivity contribution in [3.63, 3.8) is 0 Å². The first kappa shape index (κ1) is 20.2. The van der Waals surface area contributed by atoms with Crippen molar-refractivity contribution in [3.05, 3.63) is 65.2 Å². The maximum Gasteiger partial charge on any atom is 0.407 e. The van der Waals surface area contributed by atoms with E-state index in [2.05, 4.69) is 55.6 Å². The third kappa shape index (κ3) is 5.73. The van der Waals surface area contributed by atoms with Crippen molar-refractivity contribution in [1.29, 1.82) is 0 Å². The van der Waals surface area contributed by atoms with Gasteiger partial charge in [-0.2, -0.15) is 0 Å². The molecule has 5 nitrogen and oxygen atoms in total. The lowest BCUT2D eigenvalue weighted by Gasteiger charge is -2.14. The number of ether oxygens (including phenoxy) is 1.